The Kier molecular flexibility index (Phi) is 5.59. The number of anilines is 1. The fraction of sp³-hybridized carbons (Fsp3) is 0.148. The average molecular weight is 453 g/mol. The molecule has 0 amide bonds. The summed E-state index contributed by atoms with van der Waals surface area (Å²) >= 11 is 0. The lowest BCUT2D eigenvalue weighted by Gasteiger charge is -2.11. The summed E-state index contributed by atoms with van der Waals surface area (Å²) in [4.78, 5) is 8.71. The third-order valence-corrected chi connectivity index (χ3v) is 5.85. The van der Waals surface area contributed by atoms with Gasteiger partial charge in [-0.25, -0.2) is 9.97 Å². The summed E-state index contributed by atoms with van der Waals surface area (Å²) in [6.07, 6.45) is 1.53. The van der Waals surface area contributed by atoms with Crippen LogP contribution in [0.2, 0.25) is 0 Å². The van der Waals surface area contributed by atoms with Crippen molar-refractivity contribution >= 4 is 27.7 Å². The highest BCUT2D eigenvalue weighted by molar-refractivity contribution is 5.88. The molecule has 7 heteroatoms. The van der Waals surface area contributed by atoms with Gasteiger partial charge in [0, 0.05) is 22.4 Å². The van der Waals surface area contributed by atoms with Crippen molar-refractivity contribution in [2.75, 3.05) is 19.6 Å². The Morgan fingerprint density at radius 2 is 1.62 bits per heavy atom. The third kappa shape index (κ3) is 3.92. The van der Waals surface area contributed by atoms with Crippen LogP contribution in [0.3, 0.4) is 0 Å². The molecule has 0 radical (unpaired) electrons. The van der Waals surface area contributed by atoms with E-state index in [0.717, 1.165) is 43.9 Å². The van der Waals surface area contributed by atoms with Crippen molar-refractivity contribution in [2.24, 2.45) is 5.10 Å². The van der Waals surface area contributed by atoms with Gasteiger partial charge < -0.3 is 13.9 Å². The summed E-state index contributed by atoms with van der Waals surface area (Å²) in [5.74, 6) is 2.57. The largest absolute Gasteiger partial charge is 0.493 e. The fourth-order valence-corrected chi connectivity index (χ4v) is 3.86. The van der Waals surface area contributed by atoms with Gasteiger partial charge in [-0.15, -0.1) is 0 Å². The smallest absolute Gasteiger partial charge is 0.161 e. The normalized spacial score (nSPS) is 11.7. The second-order valence-corrected chi connectivity index (χ2v) is 7.96. The summed E-state index contributed by atoms with van der Waals surface area (Å²) in [6, 6.07) is 19.5. The van der Waals surface area contributed by atoms with Crippen LogP contribution in [0.1, 0.15) is 11.1 Å². The average Bonchev–Trinajstić information content (AvgIpc) is 2.87. The van der Waals surface area contributed by atoms with E-state index in [0.29, 0.717) is 23.1 Å². The minimum Gasteiger partial charge on any atom is -0.493 e. The van der Waals surface area contributed by atoms with Crippen LogP contribution in [-0.2, 0) is 0 Å². The highest BCUT2D eigenvalue weighted by atomic mass is 16.5. The van der Waals surface area contributed by atoms with E-state index in [-0.39, 0.29) is 0 Å². The van der Waals surface area contributed by atoms with Gasteiger partial charge >= 0.3 is 0 Å². The van der Waals surface area contributed by atoms with Crippen LogP contribution in [0.15, 0.2) is 76.5 Å². The first kappa shape index (κ1) is 21.5. The van der Waals surface area contributed by atoms with Crippen molar-refractivity contribution in [1.82, 2.24) is 9.97 Å². The maximum atomic E-state index is 6.31. The monoisotopic (exact) mass is 452 g/mol. The van der Waals surface area contributed by atoms with Gasteiger partial charge in [0.1, 0.15) is 17.7 Å². The molecule has 0 aliphatic carbocycles. The number of nitrogens with zero attached hydrogens (tertiary/aromatic N) is 3. The van der Waals surface area contributed by atoms with E-state index < -0.39 is 0 Å². The van der Waals surface area contributed by atoms with Gasteiger partial charge in [-0.1, -0.05) is 12.1 Å². The molecule has 0 spiro atoms. The Hall–Kier alpha value is -4.39. The number of aryl methyl sites for hydroxylation is 2. The number of para-hydroxylation sites is 1. The minimum absolute atomic E-state index is 0.624. The molecule has 0 saturated heterocycles. The van der Waals surface area contributed by atoms with Crippen molar-refractivity contribution in [3.8, 4) is 22.8 Å². The topological polar surface area (TPSA) is 81.8 Å². The predicted octanol–water partition coefficient (Wildman–Crippen LogP) is 5.60. The van der Waals surface area contributed by atoms with Crippen LogP contribution in [-0.4, -0.2) is 24.2 Å². The Bertz CT molecular complexity index is 1590. The fourth-order valence-electron chi connectivity index (χ4n) is 3.86. The molecule has 0 bridgehead atoms. The van der Waals surface area contributed by atoms with Crippen molar-refractivity contribution in [3.05, 3.63) is 83.5 Å². The lowest BCUT2D eigenvalue weighted by Crippen LogP contribution is -2.09. The summed E-state index contributed by atoms with van der Waals surface area (Å²) in [6.45, 7) is 4.14. The van der Waals surface area contributed by atoms with Crippen molar-refractivity contribution < 1.29 is 13.9 Å². The number of ether oxygens (including phenoxy) is 2. The zero-order valence-electron chi connectivity index (χ0n) is 19.4. The van der Waals surface area contributed by atoms with Crippen LogP contribution in [0, 0.1) is 13.8 Å². The van der Waals surface area contributed by atoms with Crippen LogP contribution < -0.4 is 20.3 Å². The molecule has 0 aliphatic heterocycles. The summed E-state index contributed by atoms with van der Waals surface area (Å²) in [5.41, 5.74) is 7.87. The van der Waals surface area contributed by atoms with Gasteiger partial charge in [-0.2, -0.15) is 5.10 Å². The molecule has 2 aromatic heterocycles. The highest BCUT2D eigenvalue weighted by Crippen LogP contribution is 2.33. The molecule has 7 nitrogen and oxygen atoms in total. The first-order chi connectivity index (χ1) is 16.6. The standard InChI is InChI=1S/C27H24N4O3/c1-16-11-20-22(30-31-27-19-7-5-6-8-21(19)28-15-29-27)14-24(34-25(20)12-17(16)2)18-9-10-23(32-3)26(13-18)33-4/h5-15H,1-4H3,(H,28,29,31). The quantitative estimate of drug-likeness (QED) is 0.349. The molecule has 0 fully saturated rings. The Balaban J connectivity index is 1.69. The molecule has 0 saturated carbocycles. The van der Waals surface area contributed by atoms with Crippen molar-refractivity contribution in [1.29, 1.82) is 0 Å². The lowest BCUT2D eigenvalue weighted by atomic mass is 10.1. The van der Waals surface area contributed by atoms with Gasteiger partial charge in [-0.05, 0) is 67.4 Å². The van der Waals surface area contributed by atoms with Gasteiger partial charge in [0.15, 0.2) is 17.3 Å². The number of aromatic nitrogens is 2. The van der Waals surface area contributed by atoms with Crippen molar-refractivity contribution in [3.63, 3.8) is 0 Å². The number of methoxy groups -OCH3 is 2. The number of benzene rings is 3. The third-order valence-electron chi connectivity index (χ3n) is 5.85. The van der Waals surface area contributed by atoms with E-state index in [1.807, 2.05) is 54.6 Å². The number of hydrogen-bond donors (Lipinski definition) is 1. The molecule has 0 aliphatic rings. The second-order valence-electron chi connectivity index (χ2n) is 7.96. The zero-order chi connectivity index (χ0) is 23.7. The Labute approximate surface area is 196 Å². The van der Waals surface area contributed by atoms with Crippen LogP contribution in [0.5, 0.6) is 11.5 Å². The zero-order valence-corrected chi connectivity index (χ0v) is 19.4. The van der Waals surface area contributed by atoms with E-state index in [4.69, 9.17) is 19.0 Å². The van der Waals surface area contributed by atoms with Crippen LogP contribution in [0.4, 0.5) is 5.82 Å². The Morgan fingerprint density at radius 1 is 0.824 bits per heavy atom. The summed E-state index contributed by atoms with van der Waals surface area (Å²) in [7, 11) is 3.23. The maximum Gasteiger partial charge on any atom is 0.161 e. The van der Waals surface area contributed by atoms with Gasteiger partial charge in [0.2, 0.25) is 0 Å². The molecule has 5 rings (SSSR count). The molecule has 5 aromatic rings. The van der Waals surface area contributed by atoms with E-state index in [1.165, 1.54) is 6.33 Å². The first-order valence-corrected chi connectivity index (χ1v) is 10.8. The van der Waals surface area contributed by atoms with E-state index in [2.05, 4.69) is 35.3 Å². The minimum atomic E-state index is 0.624. The van der Waals surface area contributed by atoms with Crippen LogP contribution in [0.25, 0.3) is 33.2 Å². The highest BCUT2D eigenvalue weighted by Gasteiger charge is 2.12. The predicted molar refractivity (Wildman–Crippen MR) is 133 cm³/mol. The van der Waals surface area contributed by atoms with E-state index in [9.17, 15) is 0 Å². The van der Waals surface area contributed by atoms with Gasteiger partial charge in [0.25, 0.3) is 0 Å². The van der Waals surface area contributed by atoms with Gasteiger partial charge in [0.05, 0.1) is 25.1 Å². The molecular weight excluding hydrogens is 428 g/mol. The summed E-state index contributed by atoms with van der Waals surface area (Å²) < 4.78 is 17.2. The summed E-state index contributed by atoms with van der Waals surface area (Å²) in [5, 5.41) is 7.26. The molecule has 2 heterocycles. The van der Waals surface area contributed by atoms with E-state index >= 15 is 0 Å². The SMILES string of the molecule is COc1ccc(-c2cc(=NNc3ncnc4ccccc34)c3cc(C)c(C)cc3o2)cc1OC. The Morgan fingerprint density at radius 3 is 2.44 bits per heavy atom. The second kappa shape index (κ2) is 8.86. The number of rotatable bonds is 5. The molecular formula is C27H24N4O3. The lowest BCUT2D eigenvalue weighted by molar-refractivity contribution is 0.355. The molecule has 3 aromatic carbocycles. The molecule has 0 atom stereocenters. The van der Waals surface area contributed by atoms with Crippen molar-refractivity contribution in [2.45, 2.75) is 13.8 Å². The molecule has 34 heavy (non-hydrogen) atoms. The number of fused-ring (bicyclic) bond motifs is 2. The molecule has 170 valence electrons. The number of nitrogens with one attached hydrogen (secondary N) is 1. The molecule has 1 N–H and O–H groups in total. The number of hydrogen-bond acceptors (Lipinski definition) is 7. The van der Waals surface area contributed by atoms with Gasteiger partial charge in [-0.3, -0.25) is 5.43 Å². The maximum absolute atomic E-state index is 6.31. The van der Waals surface area contributed by atoms with E-state index in [1.54, 1.807) is 14.2 Å². The van der Waals surface area contributed by atoms with Crippen LogP contribution >= 0.6 is 0 Å². The first-order valence-electron chi connectivity index (χ1n) is 10.8. The molecule has 0 unspecified atom stereocenters.